The van der Waals surface area contributed by atoms with Crippen molar-refractivity contribution >= 4 is 33.1 Å². The Hall–Kier alpha value is -3.45. The number of aromatic nitrogens is 2. The lowest BCUT2D eigenvalue weighted by molar-refractivity contribution is -0.118. The molecule has 158 valence electrons. The second kappa shape index (κ2) is 8.00. The summed E-state index contributed by atoms with van der Waals surface area (Å²) in [5.41, 5.74) is 3.80. The van der Waals surface area contributed by atoms with Crippen LogP contribution in [-0.4, -0.2) is 22.1 Å². The molecule has 6 nitrogen and oxygen atoms in total. The molecule has 0 saturated carbocycles. The molecule has 1 amide bonds. The van der Waals surface area contributed by atoms with Gasteiger partial charge in [-0.05, 0) is 73.2 Å². The number of anilines is 1. The van der Waals surface area contributed by atoms with Gasteiger partial charge >= 0.3 is 5.69 Å². The van der Waals surface area contributed by atoms with Crippen LogP contribution in [-0.2, 0) is 11.3 Å². The van der Waals surface area contributed by atoms with Gasteiger partial charge in [0.2, 0.25) is 5.91 Å². The van der Waals surface area contributed by atoms with Crippen molar-refractivity contribution in [3.8, 4) is 5.69 Å². The minimum Gasteiger partial charge on any atom is -0.314 e. The zero-order chi connectivity index (χ0) is 22.3. The summed E-state index contributed by atoms with van der Waals surface area (Å²) in [6, 6.07) is 14.9. The Balaban J connectivity index is 1.85. The smallest absolute Gasteiger partial charge is 0.314 e. The summed E-state index contributed by atoms with van der Waals surface area (Å²) in [6.45, 7) is 5.64. The molecule has 0 aliphatic carbocycles. The van der Waals surface area contributed by atoms with Crippen LogP contribution in [0.3, 0.4) is 0 Å². The van der Waals surface area contributed by atoms with Crippen LogP contribution in [0.15, 0.2) is 63.5 Å². The number of hydrogen-bond acceptors (Lipinski definition) is 4. The van der Waals surface area contributed by atoms with Crippen LogP contribution in [0.1, 0.15) is 16.7 Å². The quantitative estimate of drug-likeness (QED) is 0.492. The van der Waals surface area contributed by atoms with E-state index in [9.17, 15) is 14.4 Å². The van der Waals surface area contributed by atoms with Crippen LogP contribution in [0.2, 0.25) is 0 Å². The van der Waals surface area contributed by atoms with Gasteiger partial charge in [0, 0.05) is 12.7 Å². The Kier molecular flexibility index (Phi) is 5.37. The second-order valence-electron chi connectivity index (χ2n) is 7.78. The van der Waals surface area contributed by atoms with Crippen LogP contribution in [0.25, 0.3) is 15.9 Å². The van der Waals surface area contributed by atoms with Gasteiger partial charge in [-0.25, -0.2) is 9.36 Å². The van der Waals surface area contributed by atoms with E-state index in [-0.39, 0.29) is 18.0 Å². The van der Waals surface area contributed by atoms with E-state index in [0.717, 1.165) is 22.4 Å². The van der Waals surface area contributed by atoms with E-state index in [1.807, 2.05) is 51.1 Å². The number of nitrogens with zero attached hydrogens (tertiary/aromatic N) is 3. The number of amides is 1. The molecule has 31 heavy (non-hydrogen) atoms. The maximum atomic E-state index is 13.4. The van der Waals surface area contributed by atoms with Crippen molar-refractivity contribution in [2.75, 3.05) is 11.9 Å². The lowest BCUT2D eigenvalue weighted by Gasteiger charge is -2.19. The van der Waals surface area contributed by atoms with Crippen molar-refractivity contribution in [3.63, 3.8) is 0 Å². The summed E-state index contributed by atoms with van der Waals surface area (Å²) in [5, 5.41) is 1.77. The molecule has 4 aromatic rings. The first-order valence-corrected chi connectivity index (χ1v) is 10.8. The maximum absolute atomic E-state index is 13.4. The molecule has 0 spiro atoms. The van der Waals surface area contributed by atoms with Crippen LogP contribution < -0.4 is 16.1 Å². The molecule has 0 bridgehead atoms. The number of aryl methyl sites for hydroxylation is 3. The molecule has 0 saturated heterocycles. The summed E-state index contributed by atoms with van der Waals surface area (Å²) in [7, 11) is 1.69. The first kappa shape index (κ1) is 20.8. The zero-order valence-electron chi connectivity index (χ0n) is 17.9. The molecule has 0 aliphatic rings. The van der Waals surface area contributed by atoms with E-state index in [1.54, 1.807) is 30.6 Å². The zero-order valence-corrected chi connectivity index (χ0v) is 18.7. The average molecular weight is 434 g/mol. The summed E-state index contributed by atoms with van der Waals surface area (Å²) < 4.78 is 3.00. The van der Waals surface area contributed by atoms with Crippen molar-refractivity contribution in [1.82, 2.24) is 9.13 Å². The molecule has 0 fully saturated rings. The monoisotopic (exact) mass is 433 g/mol. The first-order valence-electron chi connectivity index (χ1n) is 9.91. The van der Waals surface area contributed by atoms with Gasteiger partial charge < -0.3 is 4.90 Å². The molecular weight excluding hydrogens is 410 g/mol. The van der Waals surface area contributed by atoms with Crippen LogP contribution in [0.4, 0.5) is 5.69 Å². The molecule has 2 heterocycles. The molecule has 2 aromatic carbocycles. The van der Waals surface area contributed by atoms with Crippen LogP contribution >= 0.6 is 11.3 Å². The summed E-state index contributed by atoms with van der Waals surface area (Å²) >= 11 is 1.27. The number of likely N-dealkylation sites (N-methyl/N-ethyl adjacent to an activating group) is 1. The normalized spacial score (nSPS) is 11.1. The van der Waals surface area contributed by atoms with Crippen LogP contribution in [0.5, 0.6) is 0 Å². The summed E-state index contributed by atoms with van der Waals surface area (Å²) in [5.74, 6) is -0.245. The van der Waals surface area contributed by atoms with E-state index in [4.69, 9.17) is 0 Å². The van der Waals surface area contributed by atoms with Gasteiger partial charge in [-0.1, -0.05) is 18.2 Å². The standard InChI is InChI=1S/C24H23N3O3S/c1-15-6-5-7-18(11-15)25(4)21(28)14-26-20-8-9-31-22(20)23(29)27(24(26)30)19-12-16(2)10-17(3)13-19/h5-13H,14H2,1-4H3. The predicted molar refractivity (Wildman–Crippen MR) is 126 cm³/mol. The maximum Gasteiger partial charge on any atom is 0.336 e. The van der Waals surface area contributed by atoms with E-state index in [1.165, 1.54) is 25.4 Å². The summed E-state index contributed by atoms with van der Waals surface area (Å²) in [6.07, 6.45) is 0. The summed E-state index contributed by atoms with van der Waals surface area (Å²) in [4.78, 5) is 41.2. The fourth-order valence-corrected chi connectivity index (χ4v) is 4.59. The molecule has 0 atom stereocenters. The third kappa shape index (κ3) is 3.84. The number of hydrogen-bond donors (Lipinski definition) is 0. The Morgan fingerprint density at radius 1 is 0.968 bits per heavy atom. The number of rotatable bonds is 4. The molecule has 4 rings (SSSR count). The SMILES string of the molecule is Cc1cccc(N(C)C(=O)Cn2c(=O)n(-c3cc(C)cc(C)c3)c(=O)c3sccc32)c1. The molecule has 2 aromatic heterocycles. The van der Waals surface area contributed by atoms with Gasteiger partial charge in [-0.2, -0.15) is 0 Å². The Morgan fingerprint density at radius 2 is 1.68 bits per heavy atom. The van der Waals surface area contributed by atoms with E-state index < -0.39 is 5.69 Å². The van der Waals surface area contributed by atoms with Crippen molar-refractivity contribution in [1.29, 1.82) is 0 Å². The predicted octanol–water partition coefficient (Wildman–Crippen LogP) is 3.80. The highest BCUT2D eigenvalue weighted by Gasteiger charge is 2.20. The van der Waals surface area contributed by atoms with Gasteiger partial charge in [0.05, 0.1) is 11.2 Å². The molecule has 7 heteroatoms. The number of fused-ring (bicyclic) bond motifs is 1. The largest absolute Gasteiger partial charge is 0.336 e. The molecule has 0 N–H and O–H groups in total. The lowest BCUT2D eigenvalue weighted by atomic mass is 10.1. The fourth-order valence-electron chi connectivity index (χ4n) is 3.77. The number of carbonyl (C=O) groups is 1. The fraction of sp³-hybridized carbons (Fsp3) is 0.208. The molecule has 0 aliphatic heterocycles. The average Bonchev–Trinajstić information content (AvgIpc) is 3.20. The Morgan fingerprint density at radius 3 is 2.35 bits per heavy atom. The highest BCUT2D eigenvalue weighted by molar-refractivity contribution is 7.17. The highest BCUT2D eigenvalue weighted by Crippen LogP contribution is 2.19. The van der Waals surface area contributed by atoms with Crippen molar-refractivity contribution < 1.29 is 4.79 Å². The topological polar surface area (TPSA) is 64.3 Å². The van der Waals surface area contributed by atoms with Gasteiger partial charge in [-0.3, -0.25) is 14.2 Å². The minimum atomic E-state index is -0.521. The lowest BCUT2D eigenvalue weighted by Crippen LogP contribution is -2.41. The van der Waals surface area contributed by atoms with E-state index in [2.05, 4.69) is 0 Å². The first-order chi connectivity index (χ1) is 14.8. The molecule has 0 unspecified atom stereocenters. The van der Waals surface area contributed by atoms with Gasteiger partial charge in [-0.15, -0.1) is 11.3 Å². The number of carbonyl (C=O) groups excluding carboxylic acids is 1. The van der Waals surface area contributed by atoms with Gasteiger partial charge in [0.1, 0.15) is 11.2 Å². The second-order valence-corrected chi connectivity index (χ2v) is 8.70. The highest BCUT2D eigenvalue weighted by atomic mass is 32.1. The third-order valence-corrected chi connectivity index (χ3v) is 6.17. The van der Waals surface area contributed by atoms with Gasteiger partial charge in [0.25, 0.3) is 5.56 Å². The van der Waals surface area contributed by atoms with Crippen molar-refractivity contribution in [2.45, 2.75) is 27.3 Å². The minimum absolute atomic E-state index is 0.165. The van der Waals surface area contributed by atoms with E-state index >= 15 is 0 Å². The Bertz CT molecular complexity index is 1410. The van der Waals surface area contributed by atoms with Crippen molar-refractivity contribution in [2.24, 2.45) is 0 Å². The van der Waals surface area contributed by atoms with Crippen molar-refractivity contribution in [3.05, 3.63) is 91.4 Å². The molecular formula is C24H23N3O3S. The Labute approximate surface area is 183 Å². The van der Waals surface area contributed by atoms with Crippen LogP contribution in [0, 0.1) is 20.8 Å². The molecule has 0 radical (unpaired) electrons. The number of thiophene rings is 1. The third-order valence-electron chi connectivity index (χ3n) is 5.28. The van der Waals surface area contributed by atoms with E-state index in [0.29, 0.717) is 15.9 Å². The van der Waals surface area contributed by atoms with Gasteiger partial charge in [0.15, 0.2) is 0 Å². The number of benzene rings is 2.